The molecule has 104 valence electrons. The van der Waals surface area contributed by atoms with E-state index >= 15 is 0 Å². The lowest BCUT2D eigenvalue weighted by Crippen LogP contribution is -2.01. The first-order chi connectivity index (χ1) is 9.36. The number of imidazole rings is 1. The van der Waals surface area contributed by atoms with Crippen LogP contribution in [0.25, 0.3) is 11.0 Å². The zero-order valence-electron chi connectivity index (χ0n) is 11.1. The Balaban J connectivity index is 2.06. The number of hydrogen-bond donors (Lipinski definition) is 0. The number of rotatable bonds is 8. The summed E-state index contributed by atoms with van der Waals surface area (Å²) in [5.41, 5.74) is 2.19. The number of halogens is 1. The molecule has 0 unspecified atom stereocenters. The summed E-state index contributed by atoms with van der Waals surface area (Å²) >= 11 is 5.28. The Bertz CT molecular complexity index is 515. The third-order valence-corrected chi connectivity index (χ3v) is 4.51. The molecule has 3 nitrogen and oxygen atoms in total. The molecule has 0 N–H and O–H groups in total. The van der Waals surface area contributed by atoms with Crippen molar-refractivity contribution in [3.63, 3.8) is 0 Å². The Morgan fingerprint density at radius 3 is 2.89 bits per heavy atom. The Morgan fingerprint density at radius 1 is 1.26 bits per heavy atom. The van der Waals surface area contributed by atoms with Crippen LogP contribution in [0, 0.1) is 0 Å². The molecule has 1 aromatic carbocycles. The van der Waals surface area contributed by atoms with Crippen LogP contribution in [0.2, 0.25) is 0 Å². The first-order valence-corrected chi connectivity index (χ1v) is 8.60. The molecule has 0 radical (unpaired) electrons. The van der Waals surface area contributed by atoms with Gasteiger partial charge in [0.15, 0.2) is 5.16 Å². The van der Waals surface area contributed by atoms with Gasteiger partial charge in [0.25, 0.3) is 0 Å². The molecule has 0 saturated carbocycles. The Labute approximate surface area is 126 Å². The average Bonchev–Trinajstić information content (AvgIpc) is 2.78. The molecule has 0 aliphatic carbocycles. The first kappa shape index (κ1) is 14.9. The van der Waals surface area contributed by atoms with Gasteiger partial charge in [0.1, 0.15) is 6.73 Å². The van der Waals surface area contributed by atoms with E-state index in [1.807, 2.05) is 23.9 Å². The van der Waals surface area contributed by atoms with Crippen molar-refractivity contribution in [2.45, 2.75) is 31.1 Å². The fourth-order valence-corrected chi connectivity index (χ4v) is 3.35. The molecule has 0 fully saturated rings. The van der Waals surface area contributed by atoms with E-state index in [9.17, 15) is 0 Å². The highest BCUT2D eigenvalue weighted by Crippen LogP contribution is 2.25. The second-order valence-corrected chi connectivity index (χ2v) is 6.18. The zero-order valence-corrected chi connectivity index (χ0v) is 13.5. The van der Waals surface area contributed by atoms with Crippen molar-refractivity contribution in [1.29, 1.82) is 0 Å². The van der Waals surface area contributed by atoms with Crippen LogP contribution >= 0.6 is 27.7 Å². The molecule has 2 aromatic rings. The van der Waals surface area contributed by atoms with E-state index in [0.717, 1.165) is 27.3 Å². The van der Waals surface area contributed by atoms with E-state index in [2.05, 4.69) is 37.6 Å². The van der Waals surface area contributed by atoms with Gasteiger partial charge >= 0.3 is 0 Å². The van der Waals surface area contributed by atoms with Crippen molar-refractivity contribution >= 4 is 38.7 Å². The average molecular weight is 343 g/mol. The molecule has 0 amide bonds. The highest BCUT2D eigenvalue weighted by molar-refractivity contribution is 9.09. The Morgan fingerprint density at radius 2 is 2.11 bits per heavy atom. The van der Waals surface area contributed by atoms with Crippen molar-refractivity contribution in [1.82, 2.24) is 9.55 Å². The van der Waals surface area contributed by atoms with Gasteiger partial charge in [0, 0.05) is 18.2 Å². The van der Waals surface area contributed by atoms with Crippen LogP contribution < -0.4 is 0 Å². The van der Waals surface area contributed by atoms with E-state index in [-0.39, 0.29) is 0 Å². The Hall–Kier alpha value is -0.520. The summed E-state index contributed by atoms with van der Waals surface area (Å²) in [5, 5.41) is 2.15. The minimum Gasteiger partial charge on any atom is -0.364 e. The molecule has 0 atom stereocenters. The minimum atomic E-state index is 0.560. The number of alkyl halides is 1. The number of aromatic nitrogens is 2. The normalized spacial score (nSPS) is 11.3. The number of nitrogens with zero attached hydrogens (tertiary/aromatic N) is 2. The van der Waals surface area contributed by atoms with Gasteiger partial charge in [-0.2, -0.15) is 0 Å². The minimum absolute atomic E-state index is 0.560. The molecule has 0 spiro atoms. The number of fused-ring (bicyclic) bond motifs is 1. The molecule has 1 aromatic heterocycles. The standard InChI is InChI=1S/C14H19BrN2OS/c1-18-11-17-13-8-4-3-7-12(13)16-14(17)19-10-6-2-5-9-15/h3-4,7-8H,2,5-6,9-11H2,1H3. The second kappa shape index (κ2) is 7.92. The smallest absolute Gasteiger partial charge is 0.170 e. The third kappa shape index (κ3) is 3.97. The summed E-state index contributed by atoms with van der Waals surface area (Å²) in [6.45, 7) is 0.560. The first-order valence-electron chi connectivity index (χ1n) is 6.49. The second-order valence-electron chi connectivity index (χ2n) is 4.33. The number of methoxy groups -OCH3 is 1. The number of ether oxygens (including phenoxy) is 1. The van der Waals surface area contributed by atoms with E-state index in [1.54, 1.807) is 7.11 Å². The van der Waals surface area contributed by atoms with Crippen LogP contribution in [0.4, 0.5) is 0 Å². The summed E-state index contributed by atoms with van der Waals surface area (Å²) < 4.78 is 7.43. The maximum absolute atomic E-state index is 5.28. The highest BCUT2D eigenvalue weighted by Gasteiger charge is 2.10. The van der Waals surface area contributed by atoms with Crippen LogP contribution in [0.1, 0.15) is 19.3 Å². The van der Waals surface area contributed by atoms with Gasteiger partial charge in [-0.15, -0.1) is 0 Å². The lowest BCUT2D eigenvalue weighted by molar-refractivity contribution is 0.127. The predicted molar refractivity (Wildman–Crippen MR) is 85.1 cm³/mol. The van der Waals surface area contributed by atoms with Crippen molar-refractivity contribution in [2.24, 2.45) is 0 Å². The Kier molecular flexibility index (Phi) is 6.20. The van der Waals surface area contributed by atoms with Gasteiger partial charge in [0.05, 0.1) is 11.0 Å². The molecule has 2 rings (SSSR count). The van der Waals surface area contributed by atoms with Gasteiger partial charge in [-0.3, -0.25) is 4.57 Å². The molecular formula is C14H19BrN2OS. The van der Waals surface area contributed by atoms with E-state index in [1.165, 1.54) is 19.3 Å². The maximum Gasteiger partial charge on any atom is 0.170 e. The summed E-state index contributed by atoms with van der Waals surface area (Å²) in [6.07, 6.45) is 3.74. The SMILES string of the molecule is COCn1c(SCCCCCBr)nc2ccccc21. The number of benzene rings is 1. The zero-order chi connectivity index (χ0) is 13.5. The number of hydrogen-bond acceptors (Lipinski definition) is 3. The van der Waals surface area contributed by atoms with Crippen LogP contribution in [-0.4, -0.2) is 27.7 Å². The number of unbranched alkanes of at least 4 members (excludes halogenated alkanes) is 2. The molecule has 0 aliphatic rings. The summed E-state index contributed by atoms with van der Waals surface area (Å²) in [6, 6.07) is 8.21. The van der Waals surface area contributed by atoms with Crippen LogP contribution in [0.15, 0.2) is 29.4 Å². The van der Waals surface area contributed by atoms with Crippen LogP contribution in [-0.2, 0) is 11.5 Å². The van der Waals surface area contributed by atoms with E-state index in [4.69, 9.17) is 4.74 Å². The summed E-state index contributed by atoms with van der Waals surface area (Å²) in [5.74, 6) is 1.11. The lowest BCUT2D eigenvalue weighted by Gasteiger charge is -2.07. The van der Waals surface area contributed by atoms with E-state index in [0.29, 0.717) is 6.73 Å². The molecule has 1 heterocycles. The van der Waals surface area contributed by atoms with Crippen molar-refractivity contribution in [2.75, 3.05) is 18.2 Å². The van der Waals surface area contributed by atoms with Gasteiger partial charge in [-0.25, -0.2) is 4.98 Å². The number of para-hydroxylation sites is 2. The molecule has 0 saturated heterocycles. The molecule has 19 heavy (non-hydrogen) atoms. The number of thioether (sulfide) groups is 1. The molecule has 0 bridgehead atoms. The fourth-order valence-electron chi connectivity index (χ4n) is 1.95. The lowest BCUT2D eigenvalue weighted by atomic mass is 10.3. The third-order valence-electron chi connectivity index (χ3n) is 2.89. The van der Waals surface area contributed by atoms with Crippen molar-refractivity contribution in [3.8, 4) is 0 Å². The predicted octanol–water partition coefficient (Wildman–Crippen LogP) is 4.30. The van der Waals surface area contributed by atoms with Gasteiger partial charge < -0.3 is 4.74 Å². The largest absolute Gasteiger partial charge is 0.364 e. The monoisotopic (exact) mass is 342 g/mol. The topological polar surface area (TPSA) is 27.1 Å². The summed E-state index contributed by atoms with van der Waals surface area (Å²) in [4.78, 5) is 4.69. The fraction of sp³-hybridized carbons (Fsp3) is 0.500. The molecule has 5 heteroatoms. The van der Waals surface area contributed by atoms with Crippen LogP contribution in [0.3, 0.4) is 0 Å². The van der Waals surface area contributed by atoms with Gasteiger partial charge in [-0.1, -0.05) is 46.2 Å². The van der Waals surface area contributed by atoms with Crippen molar-refractivity contribution < 1.29 is 4.74 Å². The maximum atomic E-state index is 5.28. The van der Waals surface area contributed by atoms with E-state index < -0.39 is 0 Å². The molecule has 0 aliphatic heterocycles. The summed E-state index contributed by atoms with van der Waals surface area (Å²) in [7, 11) is 1.72. The van der Waals surface area contributed by atoms with Gasteiger partial charge in [-0.05, 0) is 25.0 Å². The molecular weight excluding hydrogens is 324 g/mol. The van der Waals surface area contributed by atoms with Crippen molar-refractivity contribution in [3.05, 3.63) is 24.3 Å². The van der Waals surface area contributed by atoms with Gasteiger partial charge in [0.2, 0.25) is 0 Å². The highest BCUT2D eigenvalue weighted by atomic mass is 79.9. The quantitative estimate of drug-likeness (QED) is 0.406. The van der Waals surface area contributed by atoms with Crippen LogP contribution in [0.5, 0.6) is 0 Å².